The zero-order valence-corrected chi connectivity index (χ0v) is 12.2. The molecule has 110 valence electrons. The number of benzene rings is 1. The maximum atomic E-state index is 12.0. The molecule has 2 aromatic rings. The lowest BCUT2D eigenvalue weighted by molar-refractivity contribution is -0.319. The first kappa shape index (κ1) is 13.9. The number of rotatable bonds is 2. The Morgan fingerprint density at radius 3 is 2.81 bits per heavy atom. The fourth-order valence-electron chi connectivity index (χ4n) is 3.12. The highest BCUT2D eigenvalue weighted by atomic mass is 35.5. The molecule has 1 atom stereocenters. The Morgan fingerprint density at radius 1 is 1.43 bits per heavy atom. The van der Waals surface area contributed by atoms with E-state index >= 15 is 0 Å². The topological polar surface area (TPSA) is 76.2 Å². The van der Waals surface area contributed by atoms with Crippen LogP contribution in [-0.2, 0) is 21.5 Å². The molecular weight excluding hydrogens is 292 g/mol. The molecule has 6 heteroatoms. The van der Waals surface area contributed by atoms with Crippen LogP contribution in [0.15, 0.2) is 24.3 Å². The van der Waals surface area contributed by atoms with Crippen molar-refractivity contribution >= 4 is 34.4 Å². The van der Waals surface area contributed by atoms with Crippen molar-refractivity contribution in [2.75, 3.05) is 12.4 Å². The number of aromatic amines is 1. The van der Waals surface area contributed by atoms with Crippen molar-refractivity contribution in [1.82, 2.24) is 9.88 Å². The number of hydrogen-bond donors (Lipinski definition) is 1. The molecule has 1 aliphatic heterocycles. The van der Waals surface area contributed by atoms with Gasteiger partial charge in [-0.3, -0.25) is 4.79 Å². The lowest BCUT2D eigenvalue weighted by Crippen LogP contribution is -2.60. The van der Waals surface area contributed by atoms with Crippen molar-refractivity contribution in [2.45, 2.75) is 18.9 Å². The summed E-state index contributed by atoms with van der Waals surface area (Å²) in [7, 11) is 0. The number of H-pyrrole nitrogens is 1. The van der Waals surface area contributed by atoms with Crippen LogP contribution < -0.4 is 5.11 Å². The minimum absolute atomic E-state index is 0.252. The summed E-state index contributed by atoms with van der Waals surface area (Å²) in [6.45, 7) is 1.80. The number of carbonyl (C=O) groups is 2. The summed E-state index contributed by atoms with van der Waals surface area (Å²) >= 11 is 5.61. The number of nitrogens with one attached hydrogen (secondary N) is 1. The smallest absolute Gasteiger partial charge is 0.238 e. The van der Waals surface area contributed by atoms with Crippen molar-refractivity contribution in [2.24, 2.45) is 0 Å². The molecule has 0 saturated carbocycles. The summed E-state index contributed by atoms with van der Waals surface area (Å²) < 4.78 is 0. The number of carboxylic acids is 1. The predicted molar refractivity (Wildman–Crippen MR) is 76.8 cm³/mol. The van der Waals surface area contributed by atoms with Gasteiger partial charge in [0, 0.05) is 17.4 Å². The minimum atomic E-state index is -1.53. The zero-order chi connectivity index (χ0) is 15.2. The van der Waals surface area contributed by atoms with E-state index < -0.39 is 17.4 Å². The number of nitrogens with zero attached hydrogens (tertiary/aromatic N) is 1. The molecule has 3 rings (SSSR count). The van der Waals surface area contributed by atoms with Gasteiger partial charge in [0.15, 0.2) is 0 Å². The highest BCUT2D eigenvalue weighted by molar-refractivity contribution is 6.27. The maximum Gasteiger partial charge on any atom is 0.238 e. The molecule has 1 N–H and O–H groups in total. The van der Waals surface area contributed by atoms with Crippen molar-refractivity contribution in [1.29, 1.82) is 0 Å². The monoisotopic (exact) mass is 305 g/mol. The number of alkyl halides is 1. The van der Waals surface area contributed by atoms with Gasteiger partial charge in [-0.1, -0.05) is 18.2 Å². The molecule has 0 unspecified atom stereocenters. The van der Waals surface area contributed by atoms with Crippen LogP contribution in [0.25, 0.3) is 10.9 Å². The van der Waals surface area contributed by atoms with Gasteiger partial charge in [-0.15, -0.1) is 11.6 Å². The van der Waals surface area contributed by atoms with E-state index in [2.05, 4.69) is 4.98 Å². The number of aliphatic carboxylic acids is 1. The fourth-order valence-corrected chi connectivity index (χ4v) is 3.26. The van der Waals surface area contributed by atoms with E-state index in [-0.39, 0.29) is 5.88 Å². The van der Waals surface area contributed by atoms with Crippen molar-refractivity contribution in [3.05, 3.63) is 35.5 Å². The molecule has 0 aliphatic carbocycles. The Bertz CT molecular complexity index is 740. The molecule has 5 nitrogen and oxygen atoms in total. The van der Waals surface area contributed by atoms with Crippen LogP contribution in [0, 0.1) is 0 Å². The maximum absolute atomic E-state index is 12.0. The van der Waals surface area contributed by atoms with E-state index in [1.54, 1.807) is 0 Å². The average Bonchev–Trinajstić information content (AvgIpc) is 2.86. The SMILES string of the molecule is C[C@@]1(C(=O)[O-])c2[nH]c3ccccc3c2CCN1C(=O)CCl. The molecule has 0 spiro atoms. The minimum Gasteiger partial charge on any atom is -0.547 e. The second-order valence-corrected chi connectivity index (χ2v) is 5.58. The number of hydrogen-bond acceptors (Lipinski definition) is 3. The predicted octanol–water partition coefficient (Wildman–Crippen LogP) is 0.756. The van der Waals surface area contributed by atoms with Crippen LogP contribution in [0.5, 0.6) is 0 Å². The van der Waals surface area contributed by atoms with E-state index in [9.17, 15) is 14.7 Å². The van der Waals surface area contributed by atoms with Gasteiger partial charge in [0.25, 0.3) is 0 Å². The molecule has 2 heterocycles. The van der Waals surface area contributed by atoms with Gasteiger partial charge in [0.05, 0.1) is 11.7 Å². The lowest BCUT2D eigenvalue weighted by Gasteiger charge is -2.45. The Morgan fingerprint density at radius 2 is 2.14 bits per heavy atom. The van der Waals surface area contributed by atoms with Crippen LogP contribution in [0.1, 0.15) is 18.2 Å². The highest BCUT2D eigenvalue weighted by Gasteiger charge is 2.44. The molecule has 21 heavy (non-hydrogen) atoms. The summed E-state index contributed by atoms with van der Waals surface area (Å²) in [6, 6.07) is 7.61. The first-order valence-corrected chi connectivity index (χ1v) is 7.21. The second-order valence-electron chi connectivity index (χ2n) is 5.31. The first-order valence-electron chi connectivity index (χ1n) is 6.68. The number of carbonyl (C=O) groups excluding carboxylic acids is 2. The van der Waals surface area contributed by atoms with E-state index in [1.165, 1.54) is 11.8 Å². The highest BCUT2D eigenvalue weighted by Crippen LogP contribution is 2.38. The van der Waals surface area contributed by atoms with Crippen molar-refractivity contribution in [3.8, 4) is 0 Å². The summed E-state index contributed by atoms with van der Waals surface area (Å²) in [5.41, 5.74) is 0.762. The Hall–Kier alpha value is -2.01. The van der Waals surface area contributed by atoms with Crippen molar-refractivity contribution < 1.29 is 14.7 Å². The first-order chi connectivity index (χ1) is 10.00. The molecule has 0 radical (unpaired) electrons. The van der Waals surface area contributed by atoms with Gasteiger partial charge in [-0.05, 0) is 25.0 Å². The van der Waals surface area contributed by atoms with Gasteiger partial charge in [0.2, 0.25) is 5.91 Å². The Labute approximate surface area is 126 Å². The molecule has 1 aromatic heterocycles. The fraction of sp³-hybridized carbons (Fsp3) is 0.333. The van der Waals surface area contributed by atoms with Crippen molar-refractivity contribution in [3.63, 3.8) is 0 Å². The van der Waals surface area contributed by atoms with Crippen LogP contribution in [0.2, 0.25) is 0 Å². The Balaban J connectivity index is 2.25. The molecular formula is C15H14ClN2O3-. The van der Waals surface area contributed by atoms with E-state index in [1.807, 2.05) is 24.3 Å². The van der Waals surface area contributed by atoms with Gasteiger partial charge >= 0.3 is 0 Å². The standard InChI is InChI=1S/C15H15ClN2O3/c1-15(14(20)21)13-10(6-7-18(15)12(19)8-16)9-4-2-3-5-11(9)17-13/h2-5,17H,6-8H2,1H3,(H,20,21)/p-1/t15-/m0/s1. The number of aromatic nitrogens is 1. The molecule has 1 aromatic carbocycles. The number of halogens is 1. The number of para-hydroxylation sites is 1. The van der Waals surface area contributed by atoms with Crippen LogP contribution in [0.3, 0.4) is 0 Å². The number of amides is 1. The summed E-state index contributed by atoms with van der Waals surface area (Å²) in [5, 5.41) is 12.8. The molecule has 0 saturated heterocycles. The third kappa shape index (κ3) is 1.84. The quantitative estimate of drug-likeness (QED) is 0.832. The van der Waals surface area contributed by atoms with Gasteiger partial charge in [-0.25, -0.2) is 0 Å². The lowest BCUT2D eigenvalue weighted by atomic mass is 9.86. The zero-order valence-electron chi connectivity index (χ0n) is 11.5. The van der Waals surface area contributed by atoms with E-state index in [0.29, 0.717) is 18.7 Å². The van der Waals surface area contributed by atoms with E-state index in [0.717, 1.165) is 16.5 Å². The van der Waals surface area contributed by atoms with Gasteiger partial charge in [-0.2, -0.15) is 0 Å². The average molecular weight is 306 g/mol. The second kappa shape index (κ2) is 4.77. The molecule has 0 fully saturated rings. The third-order valence-corrected chi connectivity index (χ3v) is 4.47. The molecule has 1 amide bonds. The molecule has 0 bridgehead atoms. The summed E-state index contributed by atoms with van der Waals surface area (Å²) in [5.74, 6) is -1.97. The Kier molecular flexibility index (Phi) is 3.17. The van der Waals surface area contributed by atoms with Crippen LogP contribution in [0.4, 0.5) is 0 Å². The summed E-state index contributed by atoms with van der Waals surface area (Å²) in [6.07, 6.45) is 0.588. The largest absolute Gasteiger partial charge is 0.547 e. The van der Waals surface area contributed by atoms with Gasteiger partial charge < -0.3 is 19.8 Å². The van der Waals surface area contributed by atoms with Gasteiger partial charge in [0.1, 0.15) is 11.4 Å². The molecule has 1 aliphatic rings. The van der Waals surface area contributed by atoms with Crippen LogP contribution >= 0.6 is 11.6 Å². The third-order valence-electron chi connectivity index (χ3n) is 4.24. The summed E-state index contributed by atoms with van der Waals surface area (Å²) in [4.78, 5) is 28.2. The normalized spacial score (nSPS) is 21.3. The number of carboxylic acid groups (broad SMARTS) is 1. The van der Waals surface area contributed by atoms with E-state index in [4.69, 9.17) is 11.6 Å². The number of fused-ring (bicyclic) bond motifs is 3. The van der Waals surface area contributed by atoms with Crippen LogP contribution in [-0.4, -0.2) is 34.2 Å².